The highest BCUT2D eigenvalue weighted by Crippen LogP contribution is 2.54. The second-order valence-electron chi connectivity index (χ2n) is 9.95. The second kappa shape index (κ2) is 8.35. The number of nitrogens with one attached hydrogen (secondary N) is 1. The molecule has 3 aliphatic rings. The van der Waals surface area contributed by atoms with Gasteiger partial charge < -0.3 is 9.47 Å². The van der Waals surface area contributed by atoms with E-state index in [4.69, 9.17) is 0 Å². The van der Waals surface area contributed by atoms with E-state index >= 15 is 0 Å². The summed E-state index contributed by atoms with van der Waals surface area (Å²) in [4.78, 5) is 15.1. The van der Waals surface area contributed by atoms with Crippen LogP contribution in [0.3, 0.4) is 0 Å². The fourth-order valence-corrected chi connectivity index (χ4v) is 6.52. The number of fused-ring (bicyclic) bond motifs is 1. The van der Waals surface area contributed by atoms with Crippen molar-refractivity contribution >= 4 is 27.5 Å². The summed E-state index contributed by atoms with van der Waals surface area (Å²) < 4.78 is 29.6. The number of nitrogens with zero attached hydrogens (tertiary/aromatic N) is 2. The lowest BCUT2D eigenvalue weighted by atomic mass is 9.91. The van der Waals surface area contributed by atoms with E-state index in [1.54, 1.807) is 11.6 Å². The van der Waals surface area contributed by atoms with Crippen LogP contribution in [0, 0.1) is 5.41 Å². The van der Waals surface area contributed by atoms with Crippen molar-refractivity contribution < 1.29 is 8.42 Å². The minimum absolute atomic E-state index is 0.0328. The fraction of sp³-hybridized carbons (Fsp3) is 0.500. The molecule has 1 N–H and O–H groups in total. The number of rotatable bonds is 7. The molecule has 1 saturated heterocycles. The minimum Gasteiger partial charge on any atom is -0.371 e. The Morgan fingerprint density at radius 1 is 1.09 bits per heavy atom. The molecule has 33 heavy (non-hydrogen) atoms. The first-order valence-electron chi connectivity index (χ1n) is 12.1. The van der Waals surface area contributed by atoms with Gasteiger partial charge in [0.1, 0.15) is 0 Å². The summed E-state index contributed by atoms with van der Waals surface area (Å²) in [7, 11) is -1.61. The van der Waals surface area contributed by atoms with Crippen LogP contribution in [-0.2, 0) is 23.5 Å². The Labute approximate surface area is 196 Å². The first kappa shape index (κ1) is 22.3. The molecule has 2 aliphatic carbocycles. The smallest absolute Gasteiger partial charge is 0.254 e. The molecule has 5 rings (SSSR count). The van der Waals surface area contributed by atoms with Crippen LogP contribution in [0.1, 0.15) is 56.6 Å². The number of sulfonamides is 1. The topological polar surface area (TPSA) is 71.4 Å². The molecule has 1 saturated carbocycles. The Bertz CT molecular complexity index is 1260. The molecule has 1 aromatic carbocycles. The maximum atomic E-state index is 12.7. The van der Waals surface area contributed by atoms with Crippen molar-refractivity contribution in [3.05, 3.63) is 52.0 Å². The van der Waals surface area contributed by atoms with Crippen LogP contribution in [0.15, 0.2) is 35.3 Å². The number of hydrogen-bond acceptors (Lipinski definition) is 4. The van der Waals surface area contributed by atoms with E-state index in [0.29, 0.717) is 23.9 Å². The third-order valence-corrected chi connectivity index (χ3v) is 8.94. The Morgan fingerprint density at radius 2 is 1.85 bits per heavy atom. The van der Waals surface area contributed by atoms with Gasteiger partial charge in [0.05, 0.1) is 5.75 Å². The van der Waals surface area contributed by atoms with Crippen LogP contribution in [0.4, 0.5) is 11.4 Å². The maximum absolute atomic E-state index is 12.7. The molecule has 176 valence electrons. The molecule has 0 radical (unpaired) electrons. The molecule has 0 bridgehead atoms. The lowest BCUT2D eigenvalue weighted by molar-refractivity contribution is 0.384. The van der Waals surface area contributed by atoms with Crippen LogP contribution >= 0.6 is 0 Å². The van der Waals surface area contributed by atoms with Crippen LogP contribution in [-0.4, -0.2) is 31.8 Å². The van der Waals surface area contributed by atoms with E-state index in [1.165, 1.54) is 25.7 Å². The van der Waals surface area contributed by atoms with Gasteiger partial charge >= 0.3 is 0 Å². The van der Waals surface area contributed by atoms with Crippen molar-refractivity contribution in [3.8, 4) is 11.1 Å². The Kier molecular flexibility index (Phi) is 5.63. The summed E-state index contributed by atoms with van der Waals surface area (Å²) >= 11 is 0. The molecule has 0 amide bonds. The van der Waals surface area contributed by atoms with Gasteiger partial charge in [-0.2, -0.15) is 0 Å². The Morgan fingerprint density at radius 3 is 2.55 bits per heavy atom. The molecule has 7 heteroatoms. The third kappa shape index (κ3) is 4.35. The highest BCUT2D eigenvalue weighted by atomic mass is 32.2. The van der Waals surface area contributed by atoms with Gasteiger partial charge in [0.25, 0.3) is 5.56 Å². The molecule has 2 aromatic rings. The van der Waals surface area contributed by atoms with E-state index in [-0.39, 0.29) is 11.3 Å². The van der Waals surface area contributed by atoms with Gasteiger partial charge in [0.15, 0.2) is 0 Å². The zero-order valence-corrected chi connectivity index (χ0v) is 20.4. The van der Waals surface area contributed by atoms with E-state index < -0.39 is 10.0 Å². The predicted molar refractivity (Wildman–Crippen MR) is 135 cm³/mol. The number of benzene rings is 1. The molecular formula is C26H33N3O3S. The van der Waals surface area contributed by atoms with Crippen molar-refractivity contribution in [2.45, 2.75) is 51.9 Å². The van der Waals surface area contributed by atoms with Crippen molar-refractivity contribution in [1.29, 1.82) is 0 Å². The first-order valence-corrected chi connectivity index (χ1v) is 13.7. The van der Waals surface area contributed by atoms with Crippen LogP contribution in [0.2, 0.25) is 0 Å². The van der Waals surface area contributed by atoms with Gasteiger partial charge in [0, 0.05) is 54.4 Å². The molecule has 0 atom stereocenters. The number of piperidine rings is 1. The average molecular weight is 468 g/mol. The highest BCUT2D eigenvalue weighted by molar-refractivity contribution is 7.92. The first-order chi connectivity index (χ1) is 15.8. The summed E-state index contributed by atoms with van der Waals surface area (Å²) in [6.07, 6.45) is 13.2. The van der Waals surface area contributed by atoms with Crippen molar-refractivity contribution in [2.24, 2.45) is 12.5 Å². The van der Waals surface area contributed by atoms with Crippen molar-refractivity contribution in [1.82, 2.24) is 4.57 Å². The number of aromatic nitrogens is 1. The molecule has 6 nitrogen and oxygen atoms in total. The molecule has 1 spiro atoms. The summed E-state index contributed by atoms with van der Waals surface area (Å²) in [5, 5.41) is 0. The second-order valence-corrected chi connectivity index (χ2v) is 11.8. The minimum atomic E-state index is -3.40. The highest BCUT2D eigenvalue weighted by Gasteiger charge is 2.44. The van der Waals surface area contributed by atoms with Gasteiger partial charge in [-0.25, -0.2) is 8.42 Å². The van der Waals surface area contributed by atoms with Gasteiger partial charge in [0.2, 0.25) is 10.0 Å². The predicted octanol–water partition coefficient (Wildman–Crippen LogP) is 4.54. The molecule has 0 unspecified atom stereocenters. The lowest BCUT2D eigenvalue weighted by Gasteiger charge is -2.35. The van der Waals surface area contributed by atoms with E-state index in [0.717, 1.165) is 47.5 Å². The standard InChI is InChI=1S/C26H33N3O3S/c1-3-4-16-33(31,32)27-19-8-9-24(29-14-12-26(10-11-26)13-15-29)22(17-19)23-18-28(2)25(30)21-7-5-6-20(21)23/h5-6,8-9,17-18,27H,3-4,7,10-16H2,1-2H3. The number of hydrogen-bond donors (Lipinski definition) is 1. The normalized spacial score (nSPS) is 18.5. The average Bonchev–Trinajstić information content (AvgIpc) is 3.36. The summed E-state index contributed by atoms with van der Waals surface area (Å²) in [6, 6.07) is 5.88. The molecule has 1 aliphatic heterocycles. The monoisotopic (exact) mass is 467 g/mol. The molecular weight excluding hydrogens is 434 g/mol. The zero-order valence-electron chi connectivity index (χ0n) is 19.6. The largest absolute Gasteiger partial charge is 0.371 e. The SMILES string of the molecule is CCCCS(=O)(=O)Nc1ccc(N2CCC3(CC2)CC3)c(-c2cn(C)c(=O)c3c2C=CC3)c1. The molecule has 1 aromatic heterocycles. The van der Waals surface area contributed by atoms with Gasteiger partial charge in [-0.3, -0.25) is 9.52 Å². The Hall–Kier alpha value is -2.54. The number of pyridine rings is 1. The van der Waals surface area contributed by atoms with E-state index in [1.807, 2.05) is 43.5 Å². The molecule has 2 heterocycles. The zero-order chi connectivity index (χ0) is 23.2. The third-order valence-electron chi connectivity index (χ3n) is 7.57. The van der Waals surface area contributed by atoms with E-state index in [9.17, 15) is 13.2 Å². The van der Waals surface area contributed by atoms with Gasteiger partial charge in [-0.15, -0.1) is 0 Å². The van der Waals surface area contributed by atoms with Gasteiger partial charge in [-0.1, -0.05) is 25.5 Å². The number of unbranched alkanes of at least 4 members (excludes halogenated alkanes) is 1. The van der Waals surface area contributed by atoms with E-state index in [2.05, 4.69) is 9.62 Å². The van der Waals surface area contributed by atoms with Crippen molar-refractivity contribution in [2.75, 3.05) is 28.5 Å². The summed E-state index contributed by atoms with van der Waals surface area (Å²) in [6.45, 7) is 4.01. The lowest BCUT2D eigenvalue weighted by Crippen LogP contribution is -2.34. The number of anilines is 2. The van der Waals surface area contributed by atoms with Crippen LogP contribution in [0.25, 0.3) is 17.2 Å². The van der Waals surface area contributed by atoms with Crippen LogP contribution in [0.5, 0.6) is 0 Å². The number of aryl methyl sites for hydroxylation is 1. The van der Waals surface area contributed by atoms with Crippen molar-refractivity contribution in [3.63, 3.8) is 0 Å². The fourth-order valence-electron chi connectivity index (χ4n) is 5.26. The summed E-state index contributed by atoms with van der Waals surface area (Å²) in [5.74, 6) is 0.118. The number of allylic oxidation sites excluding steroid dienone is 1. The summed E-state index contributed by atoms with van der Waals surface area (Å²) in [5.41, 5.74) is 6.03. The maximum Gasteiger partial charge on any atom is 0.254 e. The Balaban J connectivity index is 1.58. The van der Waals surface area contributed by atoms with Gasteiger partial charge in [-0.05, 0) is 67.7 Å². The quantitative estimate of drug-likeness (QED) is 0.649. The van der Waals surface area contributed by atoms with Crippen LogP contribution < -0.4 is 15.2 Å². The molecule has 2 fully saturated rings.